The molecule has 1 aromatic rings. The van der Waals surface area contributed by atoms with Gasteiger partial charge >= 0.3 is 0 Å². The van der Waals surface area contributed by atoms with Crippen molar-refractivity contribution in [3.8, 4) is 0 Å². The molecule has 0 saturated heterocycles. The third-order valence-electron chi connectivity index (χ3n) is 2.75. The number of hydrogen-bond donors (Lipinski definition) is 1. The molecule has 1 amide bonds. The Labute approximate surface area is 119 Å². The molecule has 0 heterocycles. The SMILES string of the molecule is CCCCS(=O)(=O)c1ccccc1C=CC(=O)N(C)O. The summed E-state index contributed by atoms with van der Waals surface area (Å²) in [5.74, 6) is -0.534. The van der Waals surface area contributed by atoms with Crippen molar-refractivity contribution in [3.63, 3.8) is 0 Å². The van der Waals surface area contributed by atoms with Gasteiger partial charge in [-0.2, -0.15) is 0 Å². The van der Waals surface area contributed by atoms with E-state index in [9.17, 15) is 13.2 Å². The van der Waals surface area contributed by atoms with Crippen molar-refractivity contribution in [3.05, 3.63) is 35.9 Å². The Hall–Kier alpha value is -1.66. The Bertz CT molecular complexity index is 591. The molecule has 1 rings (SSSR count). The van der Waals surface area contributed by atoms with Crippen molar-refractivity contribution in [2.75, 3.05) is 12.8 Å². The molecule has 0 aliphatic carbocycles. The number of carbonyl (C=O) groups is 1. The van der Waals surface area contributed by atoms with Crippen molar-refractivity contribution >= 4 is 21.8 Å². The van der Waals surface area contributed by atoms with Gasteiger partial charge in [-0.1, -0.05) is 31.5 Å². The average Bonchev–Trinajstić information content (AvgIpc) is 2.42. The zero-order valence-corrected chi connectivity index (χ0v) is 12.4. The van der Waals surface area contributed by atoms with Gasteiger partial charge in [0.05, 0.1) is 10.6 Å². The van der Waals surface area contributed by atoms with Crippen LogP contribution in [-0.2, 0) is 14.6 Å². The molecule has 0 aliphatic rings. The van der Waals surface area contributed by atoms with Gasteiger partial charge in [-0.3, -0.25) is 10.0 Å². The summed E-state index contributed by atoms with van der Waals surface area (Å²) < 4.78 is 24.4. The summed E-state index contributed by atoms with van der Waals surface area (Å²) in [6, 6.07) is 6.50. The number of amides is 1. The first-order valence-corrected chi connectivity index (χ1v) is 8.00. The number of likely N-dealkylation sites (N-methyl/N-ethyl adjacent to an activating group) is 1. The van der Waals surface area contributed by atoms with Gasteiger partial charge in [-0.15, -0.1) is 0 Å². The molecule has 5 nitrogen and oxygen atoms in total. The molecule has 20 heavy (non-hydrogen) atoms. The van der Waals surface area contributed by atoms with Gasteiger partial charge in [0.2, 0.25) is 0 Å². The Kier molecular flexibility index (Phi) is 5.91. The van der Waals surface area contributed by atoms with Gasteiger partial charge in [-0.05, 0) is 24.1 Å². The van der Waals surface area contributed by atoms with Crippen LogP contribution in [0, 0.1) is 0 Å². The molecular weight excluding hydrogens is 278 g/mol. The number of benzene rings is 1. The van der Waals surface area contributed by atoms with Crippen molar-refractivity contribution in [1.29, 1.82) is 0 Å². The summed E-state index contributed by atoms with van der Waals surface area (Å²) in [6.07, 6.45) is 3.92. The third kappa shape index (κ3) is 4.47. The first kappa shape index (κ1) is 16.4. The first-order chi connectivity index (χ1) is 9.38. The summed E-state index contributed by atoms with van der Waals surface area (Å²) >= 11 is 0. The molecule has 0 aliphatic heterocycles. The largest absolute Gasteiger partial charge is 0.286 e. The maximum atomic E-state index is 12.2. The second-order valence-electron chi connectivity index (χ2n) is 4.41. The van der Waals surface area contributed by atoms with E-state index in [4.69, 9.17) is 5.21 Å². The summed E-state index contributed by atoms with van der Waals surface area (Å²) in [6.45, 7) is 1.93. The topological polar surface area (TPSA) is 74.7 Å². The molecule has 0 saturated carbocycles. The molecule has 0 unspecified atom stereocenters. The Morgan fingerprint density at radius 2 is 2.00 bits per heavy atom. The number of rotatable bonds is 6. The minimum absolute atomic E-state index is 0.0855. The Balaban J connectivity index is 3.09. The number of unbranched alkanes of at least 4 members (excludes halogenated alkanes) is 1. The van der Waals surface area contributed by atoms with Crippen molar-refractivity contribution in [2.24, 2.45) is 0 Å². The van der Waals surface area contributed by atoms with Crippen LogP contribution in [0.25, 0.3) is 6.08 Å². The first-order valence-electron chi connectivity index (χ1n) is 6.35. The molecular formula is C14H19NO4S. The summed E-state index contributed by atoms with van der Waals surface area (Å²) in [7, 11) is -2.15. The van der Waals surface area contributed by atoms with Crippen molar-refractivity contribution in [1.82, 2.24) is 5.06 Å². The zero-order chi connectivity index (χ0) is 15.2. The molecule has 110 valence electrons. The van der Waals surface area contributed by atoms with Gasteiger partial charge in [0, 0.05) is 13.1 Å². The maximum Gasteiger partial charge on any atom is 0.269 e. The number of carbonyl (C=O) groups excluding carboxylic acids is 1. The fourth-order valence-electron chi connectivity index (χ4n) is 1.61. The van der Waals surface area contributed by atoms with E-state index in [-0.39, 0.29) is 10.6 Å². The molecule has 0 spiro atoms. The lowest BCUT2D eigenvalue weighted by molar-refractivity contribution is -0.153. The summed E-state index contributed by atoms with van der Waals surface area (Å²) in [5.41, 5.74) is 0.443. The molecule has 0 aromatic heterocycles. The number of hydrogen-bond acceptors (Lipinski definition) is 4. The predicted molar refractivity (Wildman–Crippen MR) is 77.0 cm³/mol. The van der Waals surface area contributed by atoms with Crippen LogP contribution >= 0.6 is 0 Å². The molecule has 1 N–H and O–H groups in total. The normalized spacial score (nSPS) is 11.8. The molecule has 0 fully saturated rings. The van der Waals surface area contributed by atoms with Gasteiger partial charge < -0.3 is 0 Å². The second kappa shape index (κ2) is 7.21. The quantitative estimate of drug-likeness (QED) is 0.496. The standard InChI is InChI=1S/C14H19NO4S/c1-3-4-11-20(18,19)13-8-6-5-7-12(13)9-10-14(16)15(2)17/h5-10,17H,3-4,11H2,1-2H3. The van der Waals surface area contributed by atoms with Crippen molar-refractivity contribution < 1.29 is 18.4 Å². The highest BCUT2D eigenvalue weighted by atomic mass is 32.2. The van der Waals surface area contributed by atoms with Gasteiger partial charge in [-0.25, -0.2) is 13.5 Å². The van der Waals surface area contributed by atoms with Crippen LogP contribution in [0.2, 0.25) is 0 Å². The van der Waals surface area contributed by atoms with Gasteiger partial charge in [0.25, 0.3) is 5.91 Å². The Morgan fingerprint density at radius 3 is 2.60 bits per heavy atom. The summed E-state index contributed by atoms with van der Waals surface area (Å²) in [4.78, 5) is 11.5. The lowest BCUT2D eigenvalue weighted by atomic mass is 10.2. The highest BCUT2D eigenvalue weighted by molar-refractivity contribution is 7.91. The lowest BCUT2D eigenvalue weighted by Gasteiger charge is -2.08. The number of hydroxylamine groups is 2. The average molecular weight is 297 g/mol. The van der Waals surface area contributed by atoms with E-state index in [1.165, 1.54) is 19.2 Å². The minimum atomic E-state index is -3.36. The molecule has 0 bridgehead atoms. The maximum absolute atomic E-state index is 12.2. The van der Waals surface area contributed by atoms with E-state index >= 15 is 0 Å². The van der Waals surface area contributed by atoms with E-state index in [1.807, 2.05) is 6.92 Å². The highest BCUT2D eigenvalue weighted by Gasteiger charge is 2.16. The fraction of sp³-hybridized carbons (Fsp3) is 0.357. The lowest BCUT2D eigenvalue weighted by Crippen LogP contribution is -2.19. The predicted octanol–water partition coefficient (Wildman–Crippen LogP) is 2.12. The van der Waals surface area contributed by atoms with Crippen LogP contribution in [0.4, 0.5) is 0 Å². The van der Waals surface area contributed by atoms with E-state index in [0.717, 1.165) is 12.5 Å². The monoisotopic (exact) mass is 297 g/mol. The minimum Gasteiger partial charge on any atom is -0.286 e. The van der Waals surface area contributed by atoms with Crippen LogP contribution < -0.4 is 0 Å². The fourth-order valence-corrected chi connectivity index (χ4v) is 3.28. The smallest absolute Gasteiger partial charge is 0.269 e. The van der Waals surface area contributed by atoms with Gasteiger partial charge in [0.15, 0.2) is 9.84 Å². The second-order valence-corrected chi connectivity index (χ2v) is 6.48. The van der Waals surface area contributed by atoms with E-state index in [0.29, 0.717) is 17.0 Å². The van der Waals surface area contributed by atoms with Crippen LogP contribution in [0.5, 0.6) is 0 Å². The zero-order valence-electron chi connectivity index (χ0n) is 11.6. The van der Waals surface area contributed by atoms with Gasteiger partial charge in [0.1, 0.15) is 0 Å². The van der Waals surface area contributed by atoms with Crippen LogP contribution in [0.15, 0.2) is 35.2 Å². The number of nitrogens with zero attached hydrogens (tertiary/aromatic N) is 1. The van der Waals surface area contributed by atoms with Crippen LogP contribution in [-0.4, -0.2) is 37.4 Å². The highest BCUT2D eigenvalue weighted by Crippen LogP contribution is 2.19. The molecule has 6 heteroatoms. The molecule has 0 atom stereocenters. The van der Waals surface area contributed by atoms with E-state index in [1.54, 1.807) is 18.2 Å². The molecule has 1 aromatic carbocycles. The van der Waals surface area contributed by atoms with E-state index in [2.05, 4.69) is 0 Å². The Morgan fingerprint density at radius 1 is 1.35 bits per heavy atom. The van der Waals surface area contributed by atoms with E-state index < -0.39 is 15.7 Å². The third-order valence-corrected chi connectivity index (χ3v) is 4.61. The van der Waals surface area contributed by atoms with Crippen LogP contribution in [0.3, 0.4) is 0 Å². The number of sulfone groups is 1. The van der Waals surface area contributed by atoms with Crippen LogP contribution in [0.1, 0.15) is 25.3 Å². The summed E-state index contributed by atoms with van der Waals surface area (Å²) in [5, 5.41) is 9.39. The van der Waals surface area contributed by atoms with Crippen molar-refractivity contribution in [2.45, 2.75) is 24.7 Å². The molecule has 0 radical (unpaired) electrons.